The van der Waals surface area contributed by atoms with Crippen LogP contribution in [0.3, 0.4) is 0 Å². The number of non-ortho nitro benzene ring substituents is 1. The molecule has 1 atom stereocenters. The number of aryl methyl sites for hydroxylation is 1. The number of nitrogens with two attached hydrogens (primary N) is 1. The summed E-state index contributed by atoms with van der Waals surface area (Å²) in [6, 6.07) is 14.7. The minimum absolute atomic E-state index is 0.0873. The minimum Gasteiger partial charge on any atom is -0.323 e. The monoisotopic (exact) mass is 284 g/mol. The van der Waals surface area contributed by atoms with Gasteiger partial charge in [-0.25, -0.2) is 0 Å². The van der Waals surface area contributed by atoms with Gasteiger partial charge in [0.15, 0.2) is 0 Å². The first-order valence-electron chi connectivity index (χ1n) is 6.89. The largest absolute Gasteiger partial charge is 0.323 e. The maximum atomic E-state index is 11.0. The zero-order valence-electron chi connectivity index (χ0n) is 12.5. The van der Waals surface area contributed by atoms with Crippen LogP contribution < -0.4 is 5.73 Å². The molecule has 21 heavy (non-hydrogen) atoms. The highest BCUT2D eigenvalue weighted by atomic mass is 16.6. The summed E-state index contributed by atoms with van der Waals surface area (Å²) in [7, 11) is 0. The van der Waals surface area contributed by atoms with Crippen molar-refractivity contribution in [2.24, 2.45) is 5.73 Å². The molecule has 0 amide bonds. The molecule has 4 nitrogen and oxygen atoms in total. The van der Waals surface area contributed by atoms with Crippen molar-refractivity contribution in [3.8, 4) is 0 Å². The molecule has 0 heterocycles. The van der Waals surface area contributed by atoms with Gasteiger partial charge in [0.2, 0.25) is 0 Å². The Morgan fingerprint density at radius 2 is 1.76 bits per heavy atom. The van der Waals surface area contributed by atoms with E-state index in [9.17, 15) is 10.1 Å². The number of nitro groups is 1. The van der Waals surface area contributed by atoms with Crippen molar-refractivity contribution in [3.63, 3.8) is 0 Å². The van der Waals surface area contributed by atoms with Crippen LogP contribution >= 0.6 is 0 Å². The molecule has 0 spiro atoms. The van der Waals surface area contributed by atoms with Gasteiger partial charge in [0, 0.05) is 23.6 Å². The summed E-state index contributed by atoms with van der Waals surface area (Å²) in [6.07, 6.45) is 0. The zero-order valence-corrected chi connectivity index (χ0v) is 12.5. The van der Waals surface area contributed by atoms with Crippen molar-refractivity contribution in [1.29, 1.82) is 0 Å². The van der Waals surface area contributed by atoms with E-state index in [-0.39, 0.29) is 22.1 Å². The van der Waals surface area contributed by atoms with Gasteiger partial charge >= 0.3 is 0 Å². The third-order valence-corrected chi connectivity index (χ3v) is 3.95. The average Bonchev–Trinajstić information content (AvgIpc) is 2.46. The Kier molecular flexibility index (Phi) is 4.09. The molecule has 2 rings (SSSR count). The summed E-state index contributed by atoms with van der Waals surface area (Å²) >= 11 is 0. The van der Waals surface area contributed by atoms with Crippen molar-refractivity contribution in [2.75, 3.05) is 0 Å². The Hall–Kier alpha value is -2.20. The Morgan fingerprint density at radius 1 is 1.14 bits per heavy atom. The molecule has 110 valence electrons. The van der Waals surface area contributed by atoms with E-state index in [1.54, 1.807) is 12.1 Å². The molecule has 1 unspecified atom stereocenters. The van der Waals surface area contributed by atoms with Gasteiger partial charge in [0.1, 0.15) is 0 Å². The lowest BCUT2D eigenvalue weighted by molar-refractivity contribution is -0.385. The van der Waals surface area contributed by atoms with Crippen LogP contribution in [-0.2, 0) is 5.41 Å². The van der Waals surface area contributed by atoms with Gasteiger partial charge < -0.3 is 5.73 Å². The van der Waals surface area contributed by atoms with Crippen LogP contribution in [0.2, 0.25) is 0 Å². The van der Waals surface area contributed by atoms with E-state index < -0.39 is 0 Å². The number of hydrogen-bond donors (Lipinski definition) is 1. The maximum absolute atomic E-state index is 11.0. The second-order valence-electron chi connectivity index (χ2n) is 5.92. The molecule has 0 bridgehead atoms. The van der Waals surface area contributed by atoms with Crippen LogP contribution in [0, 0.1) is 17.0 Å². The van der Waals surface area contributed by atoms with Crippen molar-refractivity contribution in [1.82, 2.24) is 0 Å². The highest BCUT2D eigenvalue weighted by Crippen LogP contribution is 2.36. The molecule has 4 heteroatoms. The van der Waals surface area contributed by atoms with Crippen LogP contribution in [-0.4, -0.2) is 4.92 Å². The first-order valence-corrected chi connectivity index (χ1v) is 6.89. The van der Waals surface area contributed by atoms with Crippen LogP contribution in [0.1, 0.15) is 36.6 Å². The second-order valence-corrected chi connectivity index (χ2v) is 5.92. The van der Waals surface area contributed by atoms with E-state index in [2.05, 4.69) is 13.8 Å². The number of hydrogen-bond acceptors (Lipinski definition) is 3. The van der Waals surface area contributed by atoms with Gasteiger partial charge in [-0.2, -0.15) is 0 Å². The minimum atomic E-state index is -0.376. The average molecular weight is 284 g/mol. The third kappa shape index (κ3) is 3.11. The fourth-order valence-corrected chi connectivity index (χ4v) is 2.54. The number of rotatable bonds is 4. The fraction of sp³-hybridized carbons (Fsp3) is 0.294. The van der Waals surface area contributed by atoms with Crippen LogP contribution in [0.25, 0.3) is 0 Å². The first-order chi connectivity index (χ1) is 9.82. The molecule has 2 aromatic carbocycles. The standard InChI is InChI=1S/C17H20N2O2/c1-12-9-13(11-15(10-12)19(20)21)16(18)17(2,3)14-7-5-4-6-8-14/h4-11,16H,18H2,1-3H3. The molecule has 0 aliphatic carbocycles. The van der Waals surface area contributed by atoms with E-state index in [1.807, 2.05) is 43.3 Å². The molecule has 2 N–H and O–H groups in total. The summed E-state index contributed by atoms with van der Waals surface area (Å²) < 4.78 is 0. The molecule has 0 saturated heterocycles. The highest BCUT2D eigenvalue weighted by Gasteiger charge is 2.30. The smallest absolute Gasteiger partial charge is 0.270 e. The van der Waals surface area contributed by atoms with Crippen molar-refractivity contribution < 1.29 is 4.92 Å². The Bertz CT molecular complexity index is 651. The van der Waals surface area contributed by atoms with E-state index >= 15 is 0 Å². The molecule has 2 aromatic rings. The lowest BCUT2D eigenvalue weighted by Gasteiger charge is -2.32. The molecule has 0 saturated carbocycles. The van der Waals surface area contributed by atoms with Gasteiger partial charge in [-0.3, -0.25) is 10.1 Å². The van der Waals surface area contributed by atoms with Gasteiger partial charge in [0.25, 0.3) is 5.69 Å². The van der Waals surface area contributed by atoms with E-state index in [0.29, 0.717) is 0 Å². The Balaban J connectivity index is 2.44. The van der Waals surface area contributed by atoms with Crippen molar-refractivity contribution in [2.45, 2.75) is 32.2 Å². The molecule has 0 radical (unpaired) electrons. The number of benzene rings is 2. The second kappa shape index (κ2) is 5.66. The molecule has 0 aromatic heterocycles. The predicted molar refractivity (Wildman–Crippen MR) is 84.2 cm³/mol. The summed E-state index contributed by atoms with van der Waals surface area (Å²) in [6.45, 7) is 5.96. The summed E-state index contributed by atoms with van der Waals surface area (Å²) in [5.41, 5.74) is 8.94. The number of nitro benzene ring substituents is 1. The van der Waals surface area contributed by atoms with Crippen molar-refractivity contribution in [3.05, 3.63) is 75.3 Å². The van der Waals surface area contributed by atoms with Gasteiger partial charge in [0.05, 0.1) is 4.92 Å². The number of nitrogens with zero attached hydrogens (tertiary/aromatic N) is 1. The Labute approximate surface area is 124 Å². The van der Waals surface area contributed by atoms with E-state index in [0.717, 1.165) is 16.7 Å². The Morgan fingerprint density at radius 3 is 2.33 bits per heavy atom. The van der Waals surface area contributed by atoms with Gasteiger partial charge in [-0.05, 0) is 23.6 Å². The third-order valence-electron chi connectivity index (χ3n) is 3.95. The maximum Gasteiger partial charge on any atom is 0.270 e. The lowest BCUT2D eigenvalue weighted by atomic mass is 9.75. The fourth-order valence-electron chi connectivity index (χ4n) is 2.54. The van der Waals surface area contributed by atoms with E-state index in [1.165, 1.54) is 0 Å². The van der Waals surface area contributed by atoms with Crippen LogP contribution in [0.5, 0.6) is 0 Å². The van der Waals surface area contributed by atoms with E-state index in [4.69, 9.17) is 5.73 Å². The molecule has 0 aliphatic rings. The highest BCUT2D eigenvalue weighted by molar-refractivity contribution is 5.42. The van der Waals surface area contributed by atoms with Crippen LogP contribution in [0.4, 0.5) is 5.69 Å². The SMILES string of the molecule is Cc1cc(C(N)C(C)(C)c2ccccc2)cc([N+](=O)[O-])c1. The normalized spacial score (nSPS) is 13.0. The summed E-state index contributed by atoms with van der Waals surface area (Å²) in [5.74, 6) is 0. The van der Waals surface area contributed by atoms with Gasteiger partial charge in [-0.1, -0.05) is 50.2 Å². The summed E-state index contributed by atoms with van der Waals surface area (Å²) in [4.78, 5) is 10.6. The predicted octanol–water partition coefficient (Wildman–Crippen LogP) is 3.88. The molecule has 0 aliphatic heterocycles. The van der Waals surface area contributed by atoms with Crippen molar-refractivity contribution >= 4 is 5.69 Å². The molecular weight excluding hydrogens is 264 g/mol. The quantitative estimate of drug-likeness (QED) is 0.684. The zero-order chi connectivity index (χ0) is 15.6. The summed E-state index contributed by atoms with van der Waals surface area (Å²) in [5, 5.41) is 11.0. The topological polar surface area (TPSA) is 69.2 Å². The van der Waals surface area contributed by atoms with Crippen LogP contribution in [0.15, 0.2) is 48.5 Å². The van der Waals surface area contributed by atoms with Gasteiger partial charge in [-0.15, -0.1) is 0 Å². The first kappa shape index (κ1) is 15.2. The molecule has 0 fully saturated rings. The lowest BCUT2D eigenvalue weighted by Crippen LogP contribution is -2.33. The molecular formula is C17H20N2O2.